The summed E-state index contributed by atoms with van der Waals surface area (Å²) in [4.78, 5) is 12.2. The summed E-state index contributed by atoms with van der Waals surface area (Å²) in [5.74, 6) is -6.89. The fraction of sp³-hybridized carbons (Fsp3) is 0.250. The second-order valence-corrected chi connectivity index (χ2v) is 4.91. The predicted octanol–water partition coefficient (Wildman–Crippen LogP) is 2.75. The van der Waals surface area contributed by atoms with Gasteiger partial charge in [-0.1, -0.05) is 0 Å². The molecule has 0 aromatic heterocycles. The van der Waals surface area contributed by atoms with Gasteiger partial charge in [0.1, 0.15) is 17.4 Å². The monoisotopic (exact) mass is 338 g/mol. The van der Waals surface area contributed by atoms with Gasteiger partial charge in [0.2, 0.25) is 5.88 Å². The van der Waals surface area contributed by atoms with Crippen LogP contribution < -0.4 is 5.73 Å². The van der Waals surface area contributed by atoms with Crippen molar-refractivity contribution in [1.82, 2.24) is 0 Å². The third-order valence-electron chi connectivity index (χ3n) is 3.44. The van der Waals surface area contributed by atoms with E-state index in [1.54, 1.807) is 13.0 Å². The van der Waals surface area contributed by atoms with Gasteiger partial charge < -0.3 is 15.2 Å². The predicted molar refractivity (Wildman–Crippen MR) is 76.3 cm³/mol. The molecule has 0 radical (unpaired) electrons. The molecule has 0 fully saturated rings. The van der Waals surface area contributed by atoms with Crippen LogP contribution in [-0.4, -0.2) is 12.6 Å². The lowest BCUT2D eigenvalue weighted by Gasteiger charge is -2.26. The Morgan fingerprint density at radius 3 is 2.46 bits per heavy atom. The van der Waals surface area contributed by atoms with E-state index < -0.39 is 29.3 Å². The number of nitriles is 1. The minimum atomic E-state index is -1.65. The third-order valence-corrected chi connectivity index (χ3v) is 3.44. The molecule has 1 aromatic rings. The van der Waals surface area contributed by atoms with E-state index in [4.69, 9.17) is 15.2 Å². The van der Waals surface area contributed by atoms with E-state index >= 15 is 0 Å². The van der Waals surface area contributed by atoms with Crippen molar-refractivity contribution in [3.63, 3.8) is 0 Å². The van der Waals surface area contributed by atoms with Gasteiger partial charge in [-0.15, -0.1) is 0 Å². The van der Waals surface area contributed by atoms with Gasteiger partial charge in [0, 0.05) is 0 Å². The molecule has 0 bridgehead atoms. The molecule has 5 nitrogen and oxygen atoms in total. The normalized spacial score (nSPS) is 17.4. The Morgan fingerprint density at radius 2 is 1.96 bits per heavy atom. The quantitative estimate of drug-likeness (QED) is 0.676. The largest absolute Gasteiger partial charge is 0.463 e. The van der Waals surface area contributed by atoms with Gasteiger partial charge >= 0.3 is 5.97 Å². The second-order valence-electron chi connectivity index (χ2n) is 4.91. The number of ether oxygens (including phenoxy) is 2. The van der Waals surface area contributed by atoms with Crippen molar-refractivity contribution in [2.45, 2.75) is 19.8 Å². The topological polar surface area (TPSA) is 85.3 Å². The number of allylic oxidation sites excluding steroid dienone is 2. The van der Waals surface area contributed by atoms with Crippen LogP contribution in [-0.2, 0) is 14.3 Å². The Balaban J connectivity index is 2.69. The first kappa shape index (κ1) is 17.4. The summed E-state index contributed by atoms with van der Waals surface area (Å²) in [6.07, 6.45) is 0. The molecular weight excluding hydrogens is 325 g/mol. The van der Waals surface area contributed by atoms with Crippen LogP contribution in [0.4, 0.5) is 13.2 Å². The third kappa shape index (κ3) is 2.93. The smallest absolute Gasteiger partial charge is 0.338 e. The van der Waals surface area contributed by atoms with Gasteiger partial charge in [0.15, 0.2) is 17.5 Å². The highest BCUT2D eigenvalue weighted by Crippen LogP contribution is 2.40. The Morgan fingerprint density at radius 1 is 1.38 bits per heavy atom. The van der Waals surface area contributed by atoms with Crippen LogP contribution in [0.2, 0.25) is 0 Å². The zero-order valence-electron chi connectivity index (χ0n) is 12.8. The molecule has 8 heteroatoms. The number of rotatable bonds is 3. The number of benzene rings is 1. The maximum Gasteiger partial charge on any atom is 0.338 e. The van der Waals surface area contributed by atoms with Crippen LogP contribution >= 0.6 is 0 Å². The van der Waals surface area contributed by atoms with Gasteiger partial charge in [-0.3, -0.25) is 0 Å². The van der Waals surface area contributed by atoms with Gasteiger partial charge in [-0.2, -0.15) is 5.26 Å². The highest BCUT2D eigenvalue weighted by atomic mass is 19.2. The second kappa shape index (κ2) is 6.66. The van der Waals surface area contributed by atoms with Crippen molar-refractivity contribution < 1.29 is 27.4 Å². The maximum absolute atomic E-state index is 13.6. The standard InChI is InChI=1S/C16H13F3N2O3/c1-3-23-16(22)12-7(2)24-15(21)9(6-20)13(12)8-4-10(17)14(19)11(18)5-8/h4-5,13H,3,21H2,1-2H3. The van der Waals surface area contributed by atoms with E-state index in [0.29, 0.717) is 12.1 Å². The summed E-state index contributed by atoms with van der Waals surface area (Å²) in [6.45, 7) is 3.01. The first-order chi connectivity index (χ1) is 11.3. The number of hydrogen-bond acceptors (Lipinski definition) is 5. The zero-order chi connectivity index (χ0) is 18.0. The molecule has 0 amide bonds. The van der Waals surface area contributed by atoms with Crippen molar-refractivity contribution in [2.75, 3.05) is 6.61 Å². The molecule has 0 saturated carbocycles. The molecule has 1 unspecified atom stereocenters. The van der Waals surface area contributed by atoms with E-state index in [1.807, 2.05) is 0 Å². The Hall–Kier alpha value is -2.95. The molecule has 24 heavy (non-hydrogen) atoms. The molecule has 1 heterocycles. The van der Waals surface area contributed by atoms with E-state index in [1.165, 1.54) is 6.92 Å². The van der Waals surface area contributed by atoms with Crippen LogP contribution in [0, 0.1) is 28.8 Å². The molecule has 1 atom stereocenters. The van der Waals surface area contributed by atoms with Gasteiger partial charge in [0.05, 0.1) is 18.1 Å². The van der Waals surface area contributed by atoms with E-state index in [2.05, 4.69) is 0 Å². The van der Waals surface area contributed by atoms with Crippen LogP contribution in [0.15, 0.2) is 34.9 Å². The lowest BCUT2D eigenvalue weighted by Crippen LogP contribution is -2.25. The van der Waals surface area contributed by atoms with Crippen molar-refractivity contribution in [3.05, 3.63) is 57.9 Å². The highest BCUT2D eigenvalue weighted by molar-refractivity contribution is 5.92. The van der Waals surface area contributed by atoms with Crippen molar-refractivity contribution in [3.8, 4) is 6.07 Å². The fourth-order valence-corrected chi connectivity index (χ4v) is 2.43. The minimum absolute atomic E-state index is 0.0279. The molecule has 126 valence electrons. The molecule has 2 N–H and O–H groups in total. The number of nitrogens with two attached hydrogens (primary N) is 1. The minimum Gasteiger partial charge on any atom is -0.463 e. The van der Waals surface area contributed by atoms with Crippen LogP contribution in [0.1, 0.15) is 25.3 Å². The van der Waals surface area contributed by atoms with Crippen LogP contribution in [0.3, 0.4) is 0 Å². The maximum atomic E-state index is 13.6. The van der Waals surface area contributed by atoms with E-state index in [-0.39, 0.29) is 35.0 Å². The lowest BCUT2D eigenvalue weighted by molar-refractivity contribution is -0.139. The zero-order valence-corrected chi connectivity index (χ0v) is 12.8. The molecule has 0 spiro atoms. The van der Waals surface area contributed by atoms with Gasteiger partial charge in [-0.25, -0.2) is 18.0 Å². The highest BCUT2D eigenvalue weighted by Gasteiger charge is 2.37. The molecular formula is C16H13F3N2O3. The molecule has 2 rings (SSSR count). The van der Waals surface area contributed by atoms with Crippen molar-refractivity contribution in [1.29, 1.82) is 5.26 Å². The van der Waals surface area contributed by atoms with Gasteiger partial charge in [0.25, 0.3) is 0 Å². The Labute approximate surface area is 135 Å². The molecule has 1 aromatic carbocycles. The van der Waals surface area contributed by atoms with E-state index in [9.17, 15) is 23.2 Å². The van der Waals surface area contributed by atoms with Crippen LogP contribution in [0.5, 0.6) is 0 Å². The number of nitrogens with zero attached hydrogens (tertiary/aromatic N) is 1. The summed E-state index contributed by atoms with van der Waals surface area (Å²) < 4.78 is 50.4. The van der Waals surface area contributed by atoms with Crippen molar-refractivity contribution in [2.24, 2.45) is 5.73 Å². The summed E-state index contributed by atoms with van der Waals surface area (Å²) in [5.41, 5.74) is 5.12. The SMILES string of the molecule is CCOC(=O)C1=C(C)OC(N)=C(C#N)C1c1cc(F)c(F)c(F)c1. The first-order valence-electron chi connectivity index (χ1n) is 6.91. The van der Waals surface area contributed by atoms with Crippen LogP contribution in [0.25, 0.3) is 0 Å². The fourth-order valence-electron chi connectivity index (χ4n) is 2.43. The first-order valence-corrected chi connectivity index (χ1v) is 6.91. The van der Waals surface area contributed by atoms with Crippen molar-refractivity contribution >= 4 is 5.97 Å². The summed E-state index contributed by atoms with van der Waals surface area (Å²) in [7, 11) is 0. The lowest BCUT2D eigenvalue weighted by atomic mass is 9.83. The molecule has 0 saturated heterocycles. The summed E-state index contributed by atoms with van der Waals surface area (Å²) in [6, 6.07) is 3.15. The molecule has 1 aliphatic heterocycles. The summed E-state index contributed by atoms with van der Waals surface area (Å²) in [5, 5.41) is 9.30. The number of carbonyl (C=O) groups is 1. The number of esters is 1. The average molecular weight is 338 g/mol. The Kier molecular flexibility index (Phi) is 4.83. The van der Waals surface area contributed by atoms with Gasteiger partial charge in [-0.05, 0) is 31.5 Å². The average Bonchev–Trinajstić information content (AvgIpc) is 2.51. The number of halogens is 3. The van der Waals surface area contributed by atoms with E-state index in [0.717, 1.165) is 0 Å². The summed E-state index contributed by atoms with van der Waals surface area (Å²) >= 11 is 0. The molecule has 1 aliphatic rings. The Bertz CT molecular complexity index is 786. The number of hydrogen-bond donors (Lipinski definition) is 1. The molecule has 0 aliphatic carbocycles. The number of carbonyl (C=O) groups excluding carboxylic acids is 1.